The van der Waals surface area contributed by atoms with Crippen molar-refractivity contribution in [2.24, 2.45) is 0 Å². The first-order valence-electron chi connectivity index (χ1n) is 6.84. The minimum absolute atomic E-state index is 0.0609. The fraction of sp³-hybridized carbons (Fsp3) is 0.357. The Hall–Kier alpha value is -3.17. The first kappa shape index (κ1) is 17.2. The lowest BCUT2D eigenvalue weighted by Gasteiger charge is -2.14. The Morgan fingerprint density at radius 3 is 2.58 bits per heavy atom. The van der Waals surface area contributed by atoms with Crippen LogP contribution in [-0.4, -0.2) is 39.8 Å². The molecule has 10 nitrogen and oxygen atoms in total. The van der Waals surface area contributed by atoms with Crippen LogP contribution in [0.15, 0.2) is 10.9 Å². The van der Waals surface area contributed by atoms with Gasteiger partial charge in [-0.05, 0) is 6.92 Å². The van der Waals surface area contributed by atoms with E-state index in [9.17, 15) is 19.7 Å². The Kier molecular flexibility index (Phi) is 4.67. The number of aryl methyl sites for hydroxylation is 2. The van der Waals surface area contributed by atoms with E-state index < -0.39 is 16.6 Å². The van der Waals surface area contributed by atoms with Gasteiger partial charge >= 0.3 is 17.3 Å². The third-order valence-corrected chi connectivity index (χ3v) is 3.50. The number of aliphatic carboxylic acids is 1. The summed E-state index contributed by atoms with van der Waals surface area (Å²) in [5.41, 5.74) is -0.768. The molecular formula is C14H15N3O7. The number of ether oxygens (including phenoxy) is 2. The molecule has 0 aliphatic heterocycles. The molecule has 1 N–H and O–H groups in total. The number of fused-ring (bicyclic) bond motifs is 1. The number of nitrogens with zero attached hydrogens (tertiary/aromatic N) is 3. The number of hydrogen-bond donors (Lipinski definition) is 1. The van der Waals surface area contributed by atoms with Crippen LogP contribution in [0, 0.1) is 17.0 Å². The van der Waals surface area contributed by atoms with E-state index in [1.165, 1.54) is 27.2 Å². The van der Waals surface area contributed by atoms with E-state index in [4.69, 9.17) is 14.6 Å². The maximum Gasteiger partial charge on any atom is 0.348 e. The van der Waals surface area contributed by atoms with Gasteiger partial charge in [-0.25, -0.2) is 4.79 Å². The second kappa shape index (κ2) is 6.52. The van der Waals surface area contributed by atoms with Crippen LogP contribution in [0.1, 0.15) is 12.1 Å². The van der Waals surface area contributed by atoms with Crippen molar-refractivity contribution in [2.75, 3.05) is 14.2 Å². The number of benzene rings is 1. The Labute approximate surface area is 135 Å². The summed E-state index contributed by atoms with van der Waals surface area (Å²) in [4.78, 5) is 37.6. The SMILES string of the molecule is COc1cc2c(c(C)nc(=O)n2CCC(=O)O)c([N+](=O)[O-])c1OC. The van der Waals surface area contributed by atoms with Gasteiger partial charge in [-0.3, -0.25) is 19.5 Å². The number of hydrogen-bond acceptors (Lipinski definition) is 7. The standard InChI is InChI=1S/C14H15N3O7/c1-7-11-8(16(14(20)15-7)5-4-10(18)19)6-9(23-2)13(24-3)12(11)17(21)22/h6H,4-5H2,1-3H3,(H,18,19). The van der Waals surface area contributed by atoms with E-state index >= 15 is 0 Å². The van der Waals surface area contributed by atoms with Crippen molar-refractivity contribution in [2.45, 2.75) is 19.9 Å². The molecule has 0 amide bonds. The summed E-state index contributed by atoms with van der Waals surface area (Å²) in [6, 6.07) is 1.40. The predicted octanol–water partition coefficient (Wildman–Crippen LogP) is 1.11. The summed E-state index contributed by atoms with van der Waals surface area (Å²) in [7, 11) is 2.57. The molecule has 0 radical (unpaired) electrons. The highest BCUT2D eigenvalue weighted by molar-refractivity contribution is 5.95. The quantitative estimate of drug-likeness (QED) is 0.612. The van der Waals surface area contributed by atoms with E-state index in [0.717, 1.165) is 4.57 Å². The average molecular weight is 337 g/mol. The molecule has 2 aromatic rings. The monoisotopic (exact) mass is 337 g/mol. The number of rotatable bonds is 6. The maximum atomic E-state index is 12.1. The second-order valence-corrected chi connectivity index (χ2v) is 4.89. The number of carboxylic acids is 1. The molecule has 0 bridgehead atoms. The van der Waals surface area contributed by atoms with E-state index in [1.807, 2.05) is 0 Å². The van der Waals surface area contributed by atoms with Crippen molar-refractivity contribution in [3.63, 3.8) is 0 Å². The molecule has 0 atom stereocenters. The number of nitro benzene ring substituents is 1. The summed E-state index contributed by atoms with van der Waals surface area (Å²) in [5, 5.41) is 20.5. The van der Waals surface area contributed by atoms with Crippen LogP contribution >= 0.6 is 0 Å². The van der Waals surface area contributed by atoms with Gasteiger partial charge in [0.25, 0.3) is 0 Å². The maximum absolute atomic E-state index is 12.1. The van der Waals surface area contributed by atoms with Gasteiger partial charge in [0.05, 0.1) is 36.8 Å². The van der Waals surface area contributed by atoms with Crippen molar-refractivity contribution in [3.05, 3.63) is 32.4 Å². The lowest BCUT2D eigenvalue weighted by atomic mass is 10.1. The zero-order valence-electron chi connectivity index (χ0n) is 13.2. The minimum atomic E-state index is -1.11. The zero-order valence-corrected chi connectivity index (χ0v) is 13.2. The number of nitro groups is 1. The van der Waals surface area contributed by atoms with Gasteiger partial charge in [-0.1, -0.05) is 0 Å². The van der Waals surface area contributed by atoms with Gasteiger partial charge in [0, 0.05) is 12.6 Å². The molecule has 0 aliphatic carbocycles. The van der Waals surface area contributed by atoms with Crippen LogP contribution in [0.2, 0.25) is 0 Å². The van der Waals surface area contributed by atoms with Gasteiger partial charge in [0.15, 0.2) is 5.75 Å². The van der Waals surface area contributed by atoms with Gasteiger partial charge < -0.3 is 14.6 Å². The molecule has 2 rings (SSSR count). The van der Waals surface area contributed by atoms with Crippen LogP contribution in [0.4, 0.5) is 5.69 Å². The normalized spacial score (nSPS) is 10.6. The molecule has 1 heterocycles. The van der Waals surface area contributed by atoms with Gasteiger partial charge in [0.1, 0.15) is 5.39 Å². The van der Waals surface area contributed by atoms with Crippen LogP contribution in [0.5, 0.6) is 11.5 Å². The van der Waals surface area contributed by atoms with E-state index in [0.29, 0.717) is 0 Å². The Morgan fingerprint density at radius 1 is 1.42 bits per heavy atom. The van der Waals surface area contributed by atoms with Crippen LogP contribution in [0.3, 0.4) is 0 Å². The van der Waals surface area contributed by atoms with Crippen LogP contribution < -0.4 is 15.2 Å². The van der Waals surface area contributed by atoms with E-state index in [2.05, 4.69) is 4.98 Å². The van der Waals surface area contributed by atoms with E-state index in [1.54, 1.807) is 0 Å². The third-order valence-electron chi connectivity index (χ3n) is 3.50. The lowest BCUT2D eigenvalue weighted by Crippen LogP contribution is -2.25. The Balaban J connectivity index is 2.96. The lowest BCUT2D eigenvalue weighted by molar-refractivity contribution is -0.384. The molecule has 0 aliphatic rings. The van der Waals surface area contributed by atoms with Gasteiger partial charge in [-0.15, -0.1) is 0 Å². The molecule has 0 saturated carbocycles. The molecule has 0 spiro atoms. The number of carboxylic acid groups (broad SMARTS) is 1. The number of carbonyl (C=O) groups is 1. The van der Waals surface area contributed by atoms with Gasteiger partial charge in [0.2, 0.25) is 5.75 Å². The molecule has 1 aromatic carbocycles. The number of methoxy groups -OCH3 is 2. The minimum Gasteiger partial charge on any atom is -0.493 e. The van der Waals surface area contributed by atoms with Gasteiger partial charge in [-0.2, -0.15) is 4.98 Å². The summed E-state index contributed by atoms with van der Waals surface area (Å²) in [6.45, 7) is 1.29. The molecule has 0 unspecified atom stereocenters. The summed E-state index contributed by atoms with van der Waals surface area (Å²) in [6.07, 6.45) is -0.331. The molecule has 128 valence electrons. The fourth-order valence-corrected chi connectivity index (χ4v) is 2.49. The summed E-state index contributed by atoms with van der Waals surface area (Å²) in [5.74, 6) is -1.14. The topological polar surface area (TPSA) is 134 Å². The smallest absolute Gasteiger partial charge is 0.348 e. The first-order valence-corrected chi connectivity index (χ1v) is 6.84. The fourth-order valence-electron chi connectivity index (χ4n) is 2.49. The third kappa shape index (κ3) is 2.85. The second-order valence-electron chi connectivity index (χ2n) is 4.89. The first-order chi connectivity index (χ1) is 11.3. The summed E-state index contributed by atoms with van der Waals surface area (Å²) >= 11 is 0. The molecule has 24 heavy (non-hydrogen) atoms. The summed E-state index contributed by atoms with van der Waals surface area (Å²) < 4.78 is 11.3. The molecule has 0 fully saturated rings. The van der Waals surface area contributed by atoms with Crippen molar-refractivity contribution in [1.29, 1.82) is 0 Å². The molecule has 10 heteroatoms. The highest BCUT2D eigenvalue weighted by Gasteiger charge is 2.28. The Morgan fingerprint density at radius 2 is 2.08 bits per heavy atom. The van der Waals surface area contributed by atoms with Crippen molar-refractivity contribution < 1.29 is 24.3 Å². The molecular weight excluding hydrogens is 322 g/mol. The molecule has 1 aromatic heterocycles. The van der Waals surface area contributed by atoms with Crippen molar-refractivity contribution in [1.82, 2.24) is 9.55 Å². The predicted molar refractivity (Wildman–Crippen MR) is 82.8 cm³/mol. The average Bonchev–Trinajstić information content (AvgIpc) is 2.51. The number of aromatic nitrogens is 2. The zero-order chi connectivity index (χ0) is 18.0. The van der Waals surface area contributed by atoms with Crippen LogP contribution in [-0.2, 0) is 11.3 Å². The van der Waals surface area contributed by atoms with Crippen molar-refractivity contribution in [3.8, 4) is 11.5 Å². The van der Waals surface area contributed by atoms with E-state index in [-0.39, 0.29) is 46.7 Å². The van der Waals surface area contributed by atoms with Crippen molar-refractivity contribution >= 4 is 22.6 Å². The molecule has 0 saturated heterocycles. The van der Waals surface area contributed by atoms with Crippen LogP contribution in [0.25, 0.3) is 10.9 Å². The largest absolute Gasteiger partial charge is 0.493 e. The highest BCUT2D eigenvalue weighted by atomic mass is 16.6. The highest BCUT2D eigenvalue weighted by Crippen LogP contribution is 2.43. The Bertz CT molecular complexity index is 888.